The van der Waals surface area contributed by atoms with Gasteiger partial charge in [0.05, 0.1) is 11.7 Å². The molecule has 0 radical (unpaired) electrons. The molecule has 2 aliphatic heterocycles. The Morgan fingerprint density at radius 1 is 1.31 bits per heavy atom. The molecular formula is C20H23F2N5O2. The third kappa shape index (κ3) is 3.86. The number of nitrogens with one attached hydrogen (secondary N) is 2. The molecule has 2 amide bonds. The van der Waals surface area contributed by atoms with Crippen molar-refractivity contribution >= 4 is 17.5 Å². The van der Waals surface area contributed by atoms with Crippen molar-refractivity contribution in [3.8, 4) is 0 Å². The Hall–Kier alpha value is -2.84. The van der Waals surface area contributed by atoms with Gasteiger partial charge in [-0.25, -0.2) is 18.4 Å². The molecule has 29 heavy (non-hydrogen) atoms. The van der Waals surface area contributed by atoms with E-state index in [0.29, 0.717) is 5.56 Å². The summed E-state index contributed by atoms with van der Waals surface area (Å²) in [6, 6.07) is 1.28. The Kier molecular flexibility index (Phi) is 5.29. The average Bonchev–Trinajstić information content (AvgIpc) is 3.06. The van der Waals surface area contributed by atoms with Crippen LogP contribution in [0.25, 0.3) is 0 Å². The van der Waals surface area contributed by atoms with Gasteiger partial charge in [0.25, 0.3) is 5.91 Å². The van der Waals surface area contributed by atoms with Gasteiger partial charge in [0.1, 0.15) is 23.5 Å². The van der Waals surface area contributed by atoms with Gasteiger partial charge in [0.2, 0.25) is 11.7 Å². The summed E-state index contributed by atoms with van der Waals surface area (Å²) in [6.45, 7) is 2.11. The highest BCUT2D eigenvalue weighted by molar-refractivity contribution is 6.00. The van der Waals surface area contributed by atoms with Gasteiger partial charge in [-0.2, -0.15) is 0 Å². The summed E-state index contributed by atoms with van der Waals surface area (Å²) in [5, 5.41) is 9.48. The first-order chi connectivity index (χ1) is 14.0. The smallest absolute Gasteiger partial charge is 0.291 e. The molecule has 1 unspecified atom stereocenters. The lowest BCUT2D eigenvalue weighted by molar-refractivity contribution is -0.118. The van der Waals surface area contributed by atoms with Crippen molar-refractivity contribution in [1.82, 2.24) is 20.1 Å². The molecule has 0 fully saturated rings. The normalized spacial score (nSPS) is 21.0. The fraction of sp³-hybridized carbons (Fsp3) is 0.500. The number of anilines is 1. The second-order valence-corrected chi connectivity index (χ2v) is 7.61. The quantitative estimate of drug-likeness (QED) is 0.822. The van der Waals surface area contributed by atoms with Crippen LogP contribution in [0.4, 0.5) is 14.5 Å². The molecule has 1 aromatic heterocycles. The minimum atomic E-state index is -0.885. The largest absolute Gasteiger partial charge is 0.337 e. The number of nitrogens with zero attached hydrogens (tertiary/aromatic N) is 3. The Morgan fingerprint density at radius 3 is 2.93 bits per heavy atom. The van der Waals surface area contributed by atoms with Gasteiger partial charge in [-0.15, -0.1) is 5.10 Å². The minimum absolute atomic E-state index is 0.0360. The summed E-state index contributed by atoms with van der Waals surface area (Å²) in [4.78, 5) is 29.5. The number of aryl methyl sites for hydroxylation is 2. The average molecular weight is 403 g/mol. The zero-order valence-corrected chi connectivity index (χ0v) is 16.2. The Labute approximate surface area is 166 Å². The maximum atomic E-state index is 14.0. The van der Waals surface area contributed by atoms with E-state index in [1.807, 2.05) is 4.68 Å². The molecule has 2 N–H and O–H groups in total. The van der Waals surface area contributed by atoms with Crippen molar-refractivity contribution in [3.63, 3.8) is 0 Å². The number of hydrogen-bond donors (Lipinski definition) is 2. The van der Waals surface area contributed by atoms with E-state index >= 15 is 0 Å². The third-order valence-electron chi connectivity index (χ3n) is 5.52. The van der Waals surface area contributed by atoms with Gasteiger partial charge in [0, 0.05) is 12.5 Å². The van der Waals surface area contributed by atoms with Gasteiger partial charge in [-0.3, -0.25) is 9.59 Å². The highest BCUT2D eigenvalue weighted by atomic mass is 19.1. The maximum absolute atomic E-state index is 14.0. The van der Waals surface area contributed by atoms with Crippen LogP contribution in [0, 0.1) is 11.6 Å². The summed E-state index contributed by atoms with van der Waals surface area (Å²) in [5.41, 5.74) is 0.330. The molecule has 7 nitrogen and oxygen atoms in total. The Morgan fingerprint density at radius 2 is 2.14 bits per heavy atom. The van der Waals surface area contributed by atoms with Crippen LogP contribution in [0.2, 0.25) is 0 Å². The fourth-order valence-corrected chi connectivity index (χ4v) is 4.10. The van der Waals surface area contributed by atoms with Crippen molar-refractivity contribution < 1.29 is 18.4 Å². The Balaban J connectivity index is 1.49. The lowest BCUT2D eigenvalue weighted by Gasteiger charge is -2.22. The molecule has 9 heteroatoms. The predicted octanol–water partition coefficient (Wildman–Crippen LogP) is 2.92. The number of halogens is 2. The van der Waals surface area contributed by atoms with Crippen molar-refractivity contribution in [2.24, 2.45) is 0 Å². The summed E-state index contributed by atoms with van der Waals surface area (Å²) in [7, 11) is 0. The third-order valence-corrected chi connectivity index (χ3v) is 5.52. The molecule has 2 atom stereocenters. The lowest BCUT2D eigenvalue weighted by atomic mass is 10.0. The van der Waals surface area contributed by atoms with E-state index in [4.69, 9.17) is 0 Å². The number of carbonyl (C=O) groups excluding carboxylic acids is 2. The molecule has 0 spiro atoms. The minimum Gasteiger partial charge on any atom is -0.337 e. The van der Waals surface area contributed by atoms with Gasteiger partial charge >= 0.3 is 0 Å². The number of benzene rings is 1. The van der Waals surface area contributed by atoms with Gasteiger partial charge in [0.15, 0.2) is 0 Å². The van der Waals surface area contributed by atoms with E-state index < -0.39 is 29.5 Å². The SMILES string of the molecule is CCCC1CCCc2nc(C(=O)N[C@H]3CCc4cc(F)cc(F)c4NC3=O)nn21. The Bertz CT molecular complexity index is 959. The molecule has 2 aliphatic rings. The lowest BCUT2D eigenvalue weighted by Crippen LogP contribution is -2.43. The van der Waals surface area contributed by atoms with Crippen LogP contribution < -0.4 is 10.6 Å². The summed E-state index contributed by atoms with van der Waals surface area (Å²) < 4.78 is 29.3. The van der Waals surface area contributed by atoms with Crippen molar-refractivity contribution in [2.75, 3.05) is 5.32 Å². The van der Waals surface area contributed by atoms with E-state index in [2.05, 4.69) is 27.6 Å². The molecule has 3 heterocycles. The molecule has 2 aromatic rings. The first-order valence-electron chi connectivity index (χ1n) is 10.0. The number of hydrogen-bond acceptors (Lipinski definition) is 4. The van der Waals surface area contributed by atoms with Crippen LogP contribution in [0.1, 0.15) is 67.1 Å². The van der Waals surface area contributed by atoms with E-state index in [1.54, 1.807) is 0 Å². The molecule has 1 aromatic carbocycles. The summed E-state index contributed by atoms with van der Waals surface area (Å²) >= 11 is 0. The standard InChI is InChI=1S/C20H23F2N5O2/c1-2-4-13-5-3-6-16-24-18(26-27(13)16)20(29)23-15-8-7-11-9-12(21)10-14(22)17(11)25-19(15)28/h9-10,13,15H,2-8H2,1H3,(H,23,29)(H,25,28)/t13?,15-/m0/s1. The molecule has 0 saturated carbocycles. The van der Waals surface area contributed by atoms with E-state index in [-0.39, 0.29) is 30.4 Å². The summed E-state index contributed by atoms with van der Waals surface area (Å²) in [5.74, 6) is -1.79. The zero-order valence-electron chi connectivity index (χ0n) is 16.2. The van der Waals surface area contributed by atoms with Gasteiger partial charge in [-0.1, -0.05) is 13.3 Å². The zero-order chi connectivity index (χ0) is 20.5. The topological polar surface area (TPSA) is 88.9 Å². The second kappa shape index (κ2) is 7.88. The van der Waals surface area contributed by atoms with Gasteiger partial charge in [-0.05, 0) is 43.7 Å². The first-order valence-corrected chi connectivity index (χ1v) is 10.0. The number of carbonyl (C=O) groups is 2. The molecule has 4 rings (SSSR count). The van der Waals surface area contributed by atoms with E-state index in [0.717, 1.165) is 44.0 Å². The highest BCUT2D eigenvalue weighted by Gasteiger charge is 2.30. The number of rotatable bonds is 4. The molecule has 154 valence electrons. The maximum Gasteiger partial charge on any atom is 0.291 e. The molecule has 0 aliphatic carbocycles. The number of amides is 2. The molecule has 0 saturated heterocycles. The summed E-state index contributed by atoms with van der Waals surface area (Å²) in [6.07, 6.45) is 5.25. The highest BCUT2D eigenvalue weighted by Crippen LogP contribution is 2.28. The van der Waals surface area contributed by atoms with Crippen LogP contribution in [0.15, 0.2) is 12.1 Å². The van der Waals surface area contributed by atoms with Crippen LogP contribution in [-0.2, 0) is 17.6 Å². The second-order valence-electron chi connectivity index (χ2n) is 7.61. The predicted molar refractivity (Wildman–Crippen MR) is 101 cm³/mol. The van der Waals surface area contributed by atoms with E-state index in [9.17, 15) is 18.4 Å². The van der Waals surface area contributed by atoms with Gasteiger partial charge < -0.3 is 10.6 Å². The molecular weight excluding hydrogens is 380 g/mol. The van der Waals surface area contributed by atoms with E-state index in [1.165, 1.54) is 6.07 Å². The van der Waals surface area contributed by atoms with Crippen LogP contribution in [0.3, 0.4) is 0 Å². The van der Waals surface area contributed by atoms with Crippen LogP contribution >= 0.6 is 0 Å². The van der Waals surface area contributed by atoms with Crippen LogP contribution in [0.5, 0.6) is 0 Å². The first kappa shape index (κ1) is 19.5. The van der Waals surface area contributed by atoms with Crippen molar-refractivity contribution in [3.05, 3.63) is 41.0 Å². The van der Waals surface area contributed by atoms with Crippen molar-refractivity contribution in [2.45, 2.75) is 64.0 Å². The van der Waals surface area contributed by atoms with Crippen molar-refractivity contribution in [1.29, 1.82) is 0 Å². The number of fused-ring (bicyclic) bond motifs is 2. The fourth-order valence-electron chi connectivity index (χ4n) is 4.10. The van der Waals surface area contributed by atoms with Crippen LogP contribution in [-0.4, -0.2) is 32.6 Å². The monoisotopic (exact) mass is 403 g/mol. The molecule has 0 bridgehead atoms. The number of aromatic nitrogens is 3.